The van der Waals surface area contributed by atoms with E-state index in [1.54, 1.807) is 11.9 Å². The molecule has 0 aliphatic heterocycles. The number of carbonyl (C=O) groups excluding carboxylic acids is 2. The molecule has 0 bridgehead atoms. The van der Waals surface area contributed by atoms with Crippen molar-refractivity contribution in [2.75, 3.05) is 20.1 Å². The summed E-state index contributed by atoms with van der Waals surface area (Å²) in [5.74, 6) is -0.187. The van der Waals surface area contributed by atoms with Crippen LogP contribution in [0.1, 0.15) is 47.0 Å². The van der Waals surface area contributed by atoms with Gasteiger partial charge in [0.25, 0.3) is 0 Å². The summed E-state index contributed by atoms with van der Waals surface area (Å²) in [4.78, 5) is 25.1. The van der Waals surface area contributed by atoms with E-state index in [1.807, 2.05) is 6.92 Å². The minimum atomic E-state index is -0.156. The Balaban J connectivity index is 4.43. The van der Waals surface area contributed by atoms with Gasteiger partial charge in [-0.05, 0) is 18.3 Å². The minimum Gasteiger partial charge on any atom is -0.358 e. The molecule has 112 valence electrons. The van der Waals surface area contributed by atoms with Gasteiger partial charge in [-0.15, -0.1) is 0 Å². The monoisotopic (exact) mass is 271 g/mol. The summed E-state index contributed by atoms with van der Waals surface area (Å²) in [7, 11) is 1.57. The molecule has 0 spiro atoms. The fourth-order valence-corrected chi connectivity index (χ4v) is 2.03. The van der Waals surface area contributed by atoms with Gasteiger partial charge in [-0.3, -0.25) is 9.59 Å². The zero-order valence-corrected chi connectivity index (χ0v) is 13.0. The van der Waals surface area contributed by atoms with Crippen LogP contribution in [0.15, 0.2) is 0 Å². The highest BCUT2D eigenvalue weighted by Gasteiger charge is 2.22. The first-order valence-electron chi connectivity index (χ1n) is 6.93. The summed E-state index contributed by atoms with van der Waals surface area (Å²) in [5, 5.41) is 2.54. The van der Waals surface area contributed by atoms with E-state index < -0.39 is 0 Å². The summed E-state index contributed by atoms with van der Waals surface area (Å²) in [5.41, 5.74) is 6.12. The Labute approximate surface area is 116 Å². The van der Waals surface area contributed by atoms with E-state index in [9.17, 15) is 9.59 Å². The Kier molecular flexibility index (Phi) is 7.68. The molecule has 0 fully saturated rings. The quantitative estimate of drug-likeness (QED) is 0.728. The largest absolute Gasteiger partial charge is 0.358 e. The van der Waals surface area contributed by atoms with E-state index in [0.29, 0.717) is 13.0 Å². The number of rotatable bonds is 7. The second kappa shape index (κ2) is 8.15. The van der Waals surface area contributed by atoms with Crippen molar-refractivity contribution in [1.29, 1.82) is 0 Å². The summed E-state index contributed by atoms with van der Waals surface area (Å²) < 4.78 is 0. The Morgan fingerprint density at radius 1 is 1.32 bits per heavy atom. The Morgan fingerprint density at radius 3 is 2.32 bits per heavy atom. The zero-order chi connectivity index (χ0) is 15.1. The molecule has 0 saturated carbocycles. The van der Waals surface area contributed by atoms with Gasteiger partial charge in [-0.2, -0.15) is 0 Å². The number of hydrogen-bond donors (Lipinski definition) is 2. The Bertz CT molecular complexity index is 298. The molecule has 0 heterocycles. The number of nitrogens with zero attached hydrogens (tertiary/aromatic N) is 1. The van der Waals surface area contributed by atoms with Crippen molar-refractivity contribution in [1.82, 2.24) is 10.2 Å². The molecule has 0 rings (SSSR count). The van der Waals surface area contributed by atoms with Gasteiger partial charge in [0.05, 0.1) is 6.54 Å². The third-order valence-corrected chi connectivity index (χ3v) is 2.77. The molecule has 0 saturated heterocycles. The van der Waals surface area contributed by atoms with E-state index in [4.69, 9.17) is 5.73 Å². The van der Waals surface area contributed by atoms with Crippen molar-refractivity contribution in [3.05, 3.63) is 0 Å². The van der Waals surface area contributed by atoms with E-state index >= 15 is 0 Å². The highest BCUT2D eigenvalue weighted by molar-refractivity contribution is 5.84. The molecule has 0 aliphatic carbocycles. The molecule has 0 aromatic carbocycles. The van der Waals surface area contributed by atoms with E-state index in [0.717, 1.165) is 12.8 Å². The summed E-state index contributed by atoms with van der Waals surface area (Å²) >= 11 is 0. The molecule has 0 aromatic heterocycles. The third kappa shape index (κ3) is 8.59. The lowest BCUT2D eigenvalue weighted by molar-refractivity contribution is -0.136. The van der Waals surface area contributed by atoms with Gasteiger partial charge in [0.2, 0.25) is 11.8 Å². The van der Waals surface area contributed by atoms with Gasteiger partial charge in [-0.1, -0.05) is 27.7 Å². The number of hydrogen-bond acceptors (Lipinski definition) is 3. The lowest BCUT2D eigenvalue weighted by Crippen LogP contribution is -2.42. The molecule has 0 radical (unpaired) electrons. The standard InChI is InChI=1S/C14H29N3O2/c1-6-7-17(10-12(18)16-5)13(19)8-11(15)9-14(2,3)4/h11H,6-10,15H2,1-5H3,(H,16,18). The van der Waals surface area contributed by atoms with Crippen molar-refractivity contribution >= 4 is 11.8 Å². The van der Waals surface area contributed by atoms with Crippen molar-refractivity contribution in [3.63, 3.8) is 0 Å². The number of nitrogens with two attached hydrogens (primary N) is 1. The van der Waals surface area contributed by atoms with Crippen LogP contribution in [-0.2, 0) is 9.59 Å². The molecular weight excluding hydrogens is 242 g/mol. The maximum Gasteiger partial charge on any atom is 0.239 e. The maximum atomic E-state index is 12.1. The first-order chi connectivity index (χ1) is 8.69. The second-order valence-corrected chi connectivity index (χ2v) is 6.22. The topological polar surface area (TPSA) is 75.4 Å². The van der Waals surface area contributed by atoms with Crippen LogP contribution in [-0.4, -0.2) is 42.9 Å². The summed E-state index contributed by atoms with van der Waals surface area (Å²) in [6.45, 7) is 9.00. The van der Waals surface area contributed by atoms with Gasteiger partial charge in [0.1, 0.15) is 0 Å². The molecule has 5 heteroatoms. The van der Waals surface area contributed by atoms with E-state index in [2.05, 4.69) is 26.1 Å². The number of amides is 2. The Morgan fingerprint density at radius 2 is 1.89 bits per heavy atom. The van der Waals surface area contributed by atoms with Gasteiger partial charge >= 0.3 is 0 Å². The normalized spacial score (nSPS) is 12.9. The van der Waals surface area contributed by atoms with Crippen LogP contribution in [0.3, 0.4) is 0 Å². The average Bonchev–Trinajstić information content (AvgIpc) is 2.25. The lowest BCUT2D eigenvalue weighted by Gasteiger charge is -2.26. The maximum absolute atomic E-state index is 12.1. The SMILES string of the molecule is CCCN(CC(=O)NC)C(=O)CC(N)CC(C)(C)C. The number of carbonyl (C=O) groups is 2. The smallest absolute Gasteiger partial charge is 0.239 e. The molecule has 1 atom stereocenters. The van der Waals surface area contributed by atoms with Crippen molar-refractivity contribution in [3.8, 4) is 0 Å². The number of likely N-dealkylation sites (N-methyl/N-ethyl adjacent to an activating group) is 1. The summed E-state index contributed by atoms with van der Waals surface area (Å²) in [6, 6.07) is -0.156. The minimum absolute atomic E-state index is 0.0396. The van der Waals surface area contributed by atoms with Crippen molar-refractivity contribution in [2.24, 2.45) is 11.1 Å². The predicted molar refractivity (Wildman–Crippen MR) is 77.6 cm³/mol. The molecule has 1 unspecified atom stereocenters. The van der Waals surface area contributed by atoms with Gasteiger partial charge in [0, 0.05) is 26.1 Å². The lowest BCUT2D eigenvalue weighted by atomic mass is 9.87. The average molecular weight is 271 g/mol. The molecule has 0 aliphatic rings. The molecular formula is C14H29N3O2. The van der Waals surface area contributed by atoms with Crippen LogP contribution in [0.5, 0.6) is 0 Å². The van der Waals surface area contributed by atoms with Gasteiger partial charge in [-0.25, -0.2) is 0 Å². The van der Waals surface area contributed by atoms with Crippen molar-refractivity contribution in [2.45, 2.75) is 53.0 Å². The molecule has 5 nitrogen and oxygen atoms in total. The molecule has 3 N–H and O–H groups in total. The van der Waals surface area contributed by atoms with Crippen LogP contribution < -0.4 is 11.1 Å². The number of nitrogens with one attached hydrogen (secondary N) is 1. The van der Waals surface area contributed by atoms with Gasteiger partial charge < -0.3 is 16.0 Å². The summed E-state index contributed by atoms with van der Waals surface area (Å²) in [6.07, 6.45) is 1.92. The van der Waals surface area contributed by atoms with Crippen molar-refractivity contribution < 1.29 is 9.59 Å². The van der Waals surface area contributed by atoms with E-state index in [1.165, 1.54) is 0 Å². The molecule has 19 heavy (non-hydrogen) atoms. The van der Waals surface area contributed by atoms with Gasteiger partial charge in [0.15, 0.2) is 0 Å². The zero-order valence-electron chi connectivity index (χ0n) is 13.0. The predicted octanol–water partition coefficient (Wildman–Crippen LogP) is 1.12. The third-order valence-electron chi connectivity index (χ3n) is 2.77. The van der Waals surface area contributed by atoms with Crippen LogP contribution in [0.4, 0.5) is 0 Å². The van der Waals surface area contributed by atoms with E-state index in [-0.39, 0.29) is 29.8 Å². The fraction of sp³-hybridized carbons (Fsp3) is 0.857. The van der Waals surface area contributed by atoms with Crippen LogP contribution in [0.25, 0.3) is 0 Å². The van der Waals surface area contributed by atoms with Crippen LogP contribution >= 0.6 is 0 Å². The first kappa shape index (κ1) is 17.9. The highest BCUT2D eigenvalue weighted by atomic mass is 16.2. The second-order valence-electron chi connectivity index (χ2n) is 6.22. The molecule has 0 aromatic rings. The first-order valence-corrected chi connectivity index (χ1v) is 6.93. The van der Waals surface area contributed by atoms with Crippen LogP contribution in [0.2, 0.25) is 0 Å². The van der Waals surface area contributed by atoms with Crippen LogP contribution in [0, 0.1) is 5.41 Å². The Hall–Kier alpha value is -1.10. The highest BCUT2D eigenvalue weighted by Crippen LogP contribution is 2.21. The fourth-order valence-electron chi connectivity index (χ4n) is 2.03. The molecule has 2 amide bonds.